The third-order valence-electron chi connectivity index (χ3n) is 10.4. The van der Waals surface area contributed by atoms with Crippen molar-refractivity contribution in [1.82, 2.24) is 0 Å². The summed E-state index contributed by atoms with van der Waals surface area (Å²) in [5, 5.41) is 21.8. The van der Waals surface area contributed by atoms with E-state index in [1.165, 1.54) is 37.5 Å². The fourth-order valence-corrected chi connectivity index (χ4v) is 8.99. The summed E-state index contributed by atoms with van der Waals surface area (Å²) in [6, 6.07) is 10.3. The molecule has 0 aliphatic heterocycles. The highest BCUT2D eigenvalue weighted by Gasteiger charge is 2.54. The van der Waals surface area contributed by atoms with Crippen LogP contribution in [0.5, 0.6) is 11.5 Å². The average Bonchev–Trinajstić information content (AvgIpc) is 4.12. The van der Waals surface area contributed by atoms with E-state index < -0.39 is 67.2 Å². The second-order valence-electron chi connectivity index (χ2n) is 14.5. The van der Waals surface area contributed by atoms with Crippen molar-refractivity contribution in [2.45, 2.75) is 62.2 Å². The lowest BCUT2D eigenvalue weighted by Crippen LogP contribution is -2.30. The maximum Gasteiger partial charge on any atom is 0.238 e. The van der Waals surface area contributed by atoms with Gasteiger partial charge in [0.15, 0.2) is 29.0 Å². The van der Waals surface area contributed by atoms with Crippen LogP contribution >= 0.6 is 31.9 Å². The highest BCUT2D eigenvalue weighted by molar-refractivity contribution is 9.10. The first kappa shape index (κ1) is 45.3. The van der Waals surface area contributed by atoms with Crippen LogP contribution in [-0.4, -0.2) is 56.9 Å². The molecule has 4 aromatic rings. The molecule has 17 heteroatoms. The predicted molar refractivity (Wildman–Crippen MR) is 217 cm³/mol. The molecule has 58 heavy (non-hydrogen) atoms. The van der Waals surface area contributed by atoms with E-state index in [0.717, 1.165) is 32.1 Å². The molecule has 314 valence electrons. The van der Waals surface area contributed by atoms with Gasteiger partial charge in [0.1, 0.15) is 17.5 Å². The van der Waals surface area contributed by atoms with Crippen LogP contribution in [-0.2, 0) is 22.9 Å². The molecule has 2 aliphatic rings. The zero-order valence-electron chi connectivity index (χ0n) is 31.5. The summed E-state index contributed by atoms with van der Waals surface area (Å²) < 4.78 is 126. The van der Waals surface area contributed by atoms with Gasteiger partial charge in [-0.2, -0.15) is 0 Å². The molecule has 0 bridgehead atoms. The summed E-state index contributed by atoms with van der Waals surface area (Å²) in [7, 11) is -1.62. The molecule has 6 rings (SSSR count). The van der Waals surface area contributed by atoms with Gasteiger partial charge in [-0.3, -0.25) is 4.72 Å². The first-order chi connectivity index (χ1) is 27.4. The van der Waals surface area contributed by atoms with E-state index in [1.54, 1.807) is 12.1 Å². The minimum atomic E-state index is -4.02. The molecule has 4 aromatic carbocycles. The summed E-state index contributed by atoms with van der Waals surface area (Å²) in [5.41, 5.74) is -0.920. The van der Waals surface area contributed by atoms with Crippen LogP contribution in [0.4, 0.5) is 37.7 Å². The summed E-state index contributed by atoms with van der Waals surface area (Å²) >= 11 is 6.31. The monoisotopic (exact) mass is 962 g/mol. The lowest BCUT2D eigenvalue weighted by atomic mass is 9.97. The second kappa shape index (κ2) is 18.7. The molecule has 0 amide bonds. The number of aliphatic hydroxyl groups excluding tert-OH is 2. The van der Waals surface area contributed by atoms with E-state index in [1.807, 2.05) is 0 Å². The number of sulfonamides is 1. The van der Waals surface area contributed by atoms with Crippen LogP contribution in [0.25, 0.3) is 0 Å². The van der Waals surface area contributed by atoms with Crippen molar-refractivity contribution in [3.63, 3.8) is 0 Å². The smallest absolute Gasteiger partial charge is 0.238 e. The van der Waals surface area contributed by atoms with Gasteiger partial charge in [-0.05, 0) is 79.3 Å². The van der Waals surface area contributed by atoms with Gasteiger partial charge in [0, 0.05) is 51.6 Å². The topological polar surface area (TPSA) is 117 Å². The van der Waals surface area contributed by atoms with Crippen molar-refractivity contribution in [2.24, 2.45) is 5.41 Å². The van der Waals surface area contributed by atoms with Crippen LogP contribution in [0.2, 0.25) is 0 Å². The van der Waals surface area contributed by atoms with Crippen LogP contribution in [0, 0.1) is 40.3 Å². The van der Waals surface area contributed by atoms with Gasteiger partial charge in [-0.25, -0.2) is 34.8 Å². The fourth-order valence-electron chi connectivity index (χ4n) is 6.65. The summed E-state index contributed by atoms with van der Waals surface area (Å²) in [4.78, 5) is 0. The average molecular weight is 965 g/mol. The highest BCUT2D eigenvalue weighted by Crippen LogP contribution is 2.50. The largest absolute Gasteiger partial charge is 0.494 e. The fraction of sp³-hybridized carbons (Fsp3) is 0.366. The molecular weight excluding hydrogens is 922 g/mol. The van der Waals surface area contributed by atoms with Gasteiger partial charge in [0.2, 0.25) is 10.0 Å². The van der Waals surface area contributed by atoms with Crippen LogP contribution in [0.3, 0.4) is 0 Å². The number of halogens is 8. The van der Waals surface area contributed by atoms with Gasteiger partial charge in [0.25, 0.3) is 0 Å². The molecule has 4 N–H and O–H groups in total. The number of benzene rings is 4. The van der Waals surface area contributed by atoms with E-state index in [-0.39, 0.29) is 65.0 Å². The third kappa shape index (κ3) is 10.3. The Hall–Kier alpha value is -3.77. The lowest BCUT2D eigenvalue weighted by Gasteiger charge is -2.22. The van der Waals surface area contributed by atoms with Crippen LogP contribution < -0.4 is 19.5 Å². The van der Waals surface area contributed by atoms with E-state index in [2.05, 4.69) is 48.5 Å². The van der Waals surface area contributed by atoms with Crippen molar-refractivity contribution in [3.05, 3.63) is 127 Å². The molecule has 0 heterocycles. The molecule has 2 saturated carbocycles. The third-order valence-corrected chi connectivity index (χ3v) is 13.5. The molecule has 1 atom stereocenters. The molecule has 2 fully saturated rings. The van der Waals surface area contributed by atoms with Gasteiger partial charge < -0.3 is 25.0 Å². The number of hydrogen-bond donors (Lipinski definition) is 4. The number of nitrogens with one attached hydrogen (secondary N) is 2. The van der Waals surface area contributed by atoms with Crippen molar-refractivity contribution >= 4 is 53.3 Å². The van der Waals surface area contributed by atoms with Gasteiger partial charge >= 0.3 is 0 Å². The Labute approximate surface area is 350 Å². The number of hydrogen-bond acceptors (Lipinski definition) is 7. The highest BCUT2D eigenvalue weighted by atomic mass is 79.9. The molecule has 0 saturated heterocycles. The van der Waals surface area contributed by atoms with E-state index in [9.17, 15) is 39.9 Å². The molecule has 0 aromatic heterocycles. The molecule has 0 spiro atoms. The zero-order valence-corrected chi connectivity index (χ0v) is 35.5. The number of anilines is 2. The minimum Gasteiger partial charge on any atom is -0.494 e. The van der Waals surface area contributed by atoms with Crippen LogP contribution in [0.15, 0.2) is 70.1 Å². The zero-order chi connectivity index (χ0) is 42.6. The number of methoxy groups -OCH3 is 2. The normalized spacial score (nSPS) is 15.4. The first-order valence-corrected chi connectivity index (χ1v) is 21.1. The van der Waals surface area contributed by atoms with E-state index in [0.29, 0.717) is 34.8 Å². The minimum absolute atomic E-state index is 0.0263. The molecule has 0 radical (unpaired) electrons. The van der Waals surface area contributed by atoms with Crippen molar-refractivity contribution in [3.8, 4) is 11.5 Å². The first-order valence-electron chi connectivity index (χ1n) is 18.1. The molecule has 1 unspecified atom stereocenters. The number of rotatable bonds is 17. The van der Waals surface area contributed by atoms with Gasteiger partial charge in [0.05, 0.1) is 43.1 Å². The number of aliphatic hydroxyl groups is 2. The Kier molecular flexibility index (Phi) is 14.6. The molecule has 2 aliphatic carbocycles. The summed E-state index contributed by atoms with van der Waals surface area (Å²) in [6.45, 7) is 3.52. The molecular formula is C41H42Br2F6N2O6S. The Morgan fingerprint density at radius 2 is 1.28 bits per heavy atom. The maximum absolute atomic E-state index is 15.0. The SMILES string of the molecule is C=CCC1(S(=O)(=O)Nc2c(F)cc(OC)c(F)c2Cc2ccc(Br)cc2F)CC1.COc1cc(F)c(NCC2(CC(O)CO)CC2)c(Cc2ccc(Br)cc2F)c1F. The number of allylic oxidation sites excluding steroid dienone is 1. The van der Waals surface area contributed by atoms with Gasteiger partial charge in [-0.15, -0.1) is 6.58 Å². The predicted octanol–water partition coefficient (Wildman–Crippen LogP) is 9.72. The van der Waals surface area contributed by atoms with E-state index >= 15 is 0 Å². The summed E-state index contributed by atoms with van der Waals surface area (Å²) in [5.74, 6) is -5.23. The Balaban J connectivity index is 0.000000221. The standard InChI is InChI=1S/C21H23BrF3NO3.C20H19BrF3NO3S/c1-29-18-8-17(24)20(26-11-21(4-5-21)9-14(28)10-27)15(19(18)25)6-12-2-3-13(22)7-16(12)23;1-3-6-20(7-8-20)29(26,27)25-19-14(18(24)17(28-2)11-16(19)23)9-12-4-5-13(21)10-15(12)22/h2-3,7-8,14,26-28H,4-6,9-11H2,1H3;3-5,10-11,25H,1,6-9H2,2H3. The Morgan fingerprint density at radius 1 is 0.793 bits per heavy atom. The molecule has 8 nitrogen and oxygen atoms in total. The summed E-state index contributed by atoms with van der Waals surface area (Å²) in [6.07, 6.45) is 3.08. The van der Waals surface area contributed by atoms with E-state index in [4.69, 9.17) is 14.6 Å². The van der Waals surface area contributed by atoms with Crippen molar-refractivity contribution in [2.75, 3.05) is 37.4 Å². The van der Waals surface area contributed by atoms with Gasteiger partial charge in [-0.1, -0.05) is 50.1 Å². The van der Waals surface area contributed by atoms with Crippen molar-refractivity contribution < 1.29 is 54.4 Å². The lowest BCUT2D eigenvalue weighted by molar-refractivity contribution is 0.0718. The Bertz CT molecular complexity index is 2270. The second-order valence-corrected chi connectivity index (χ2v) is 18.4. The van der Waals surface area contributed by atoms with Crippen molar-refractivity contribution in [1.29, 1.82) is 0 Å². The quantitative estimate of drug-likeness (QED) is 0.0616. The number of ether oxygens (including phenoxy) is 2. The Morgan fingerprint density at radius 3 is 1.69 bits per heavy atom. The van der Waals surface area contributed by atoms with Crippen LogP contribution in [0.1, 0.15) is 60.8 Å². The maximum atomic E-state index is 15.0.